The van der Waals surface area contributed by atoms with Gasteiger partial charge in [-0.2, -0.15) is 0 Å². The van der Waals surface area contributed by atoms with Crippen LogP contribution in [0.2, 0.25) is 0 Å². The first-order chi connectivity index (χ1) is 10.4. The third-order valence-electron chi connectivity index (χ3n) is 3.73. The van der Waals surface area contributed by atoms with Crippen molar-refractivity contribution in [1.82, 2.24) is 9.88 Å². The van der Waals surface area contributed by atoms with Gasteiger partial charge in [-0.1, -0.05) is 13.8 Å². The quantitative estimate of drug-likeness (QED) is 0.804. The van der Waals surface area contributed by atoms with Gasteiger partial charge in [-0.3, -0.25) is 4.79 Å². The Balaban J connectivity index is 0.00000264. The molecular formula is C16H25Cl2N3O2S. The van der Waals surface area contributed by atoms with Crippen LogP contribution in [0.5, 0.6) is 0 Å². The van der Waals surface area contributed by atoms with E-state index in [1.54, 1.807) is 18.2 Å². The van der Waals surface area contributed by atoms with E-state index in [2.05, 4.69) is 18.8 Å². The molecule has 2 N–H and O–H groups in total. The Bertz CT molecular complexity index is 629. The van der Waals surface area contributed by atoms with Gasteiger partial charge in [-0.05, 0) is 31.4 Å². The number of thiazole rings is 1. The monoisotopic (exact) mass is 393 g/mol. The molecule has 2 aromatic rings. The molecule has 0 saturated carbocycles. The highest BCUT2D eigenvalue weighted by molar-refractivity contribution is 7.15. The van der Waals surface area contributed by atoms with Crippen molar-refractivity contribution in [1.29, 1.82) is 0 Å². The fraction of sp³-hybridized carbons (Fsp3) is 0.500. The molecule has 0 aliphatic carbocycles. The topological polar surface area (TPSA) is 72.4 Å². The number of aromatic nitrogens is 1. The second-order valence-electron chi connectivity index (χ2n) is 5.82. The molecule has 1 amide bonds. The summed E-state index contributed by atoms with van der Waals surface area (Å²) in [6, 6.07) is 3.76. The average molecular weight is 394 g/mol. The van der Waals surface area contributed by atoms with Crippen molar-refractivity contribution in [2.75, 3.05) is 13.6 Å². The van der Waals surface area contributed by atoms with Crippen LogP contribution in [-0.2, 0) is 0 Å². The van der Waals surface area contributed by atoms with Crippen LogP contribution in [0.25, 0.3) is 10.8 Å². The number of nitrogens with zero attached hydrogens (tertiary/aromatic N) is 2. The van der Waals surface area contributed by atoms with Crippen LogP contribution < -0.4 is 5.73 Å². The Kier molecular flexibility index (Phi) is 9.58. The summed E-state index contributed by atoms with van der Waals surface area (Å²) in [6.07, 6.45) is 2.39. The van der Waals surface area contributed by atoms with Gasteiger partial charge in [0.25, 0.3) is 5.91 Å². The molecule has 2 aromatic heterocycles. The molecule has 24 heavy (non-hydrogen) atoms. The van der Waals surface area contributed by atoms with Gasteiger partial charge in [-0.25, -0.2) is 4.98 Å². The van der Waals surface area contributed by atoms with E-state index in [0.29, 0.717) is 23.9 Å². The number of halogens is 2. The normalized spacial score (nSPS) is 11.6. The molecule has 0 radical (unpaired) electrons. The molecule has 136 valence electrons. The number of carbonyl (C=O) groups excluding carboxylic acids is 1. The Morgan fingerprint density at radius 1 is 1.42 bits per heavy atom. The van der Waals surface area contributed by atoms with E-state index >= 15 is 0 Å². The van der Waals surface area contributed by atoms with Crippen molar-refractivity contribution in [3.63, 3.8) is 0 Å². The van der Waals surface area contributed by atoms with Crippen LogP contribution in [0, 0.1) is 12.8 Å². The molecule has 0 aliphatic heterocycles. The molecular weight excluding hydrogens is 369 g/mol. The Labute approximate surface area is 159 Å². The van der Waals surface area contributed by atoms with Gasteiger partial charge >= 0.3 is 0 Å². The van der Waals surface area contributed by atoms with Crippen LogP contribution in [0.1, 0.15) is 35.6 Å². The zero-order valence-corrected chi connectivity index (χ0v) is 16.8. The smallest absolute Gasteiger partial charge is 0.273 e. The second-order valence-corrected chi connectivity index (χ2v) is 7.03. The summed E-state index contributed by atoms with van der Waals surface area (Å²) >= 11 is 1.47. The molecule has 1 atom stereocenters. The first-order valence-electron chi connectivity index (χ1n) is 7.42. The lowest BCUT2D eigenvalue weighted by atomic mass is 10.0. The molecule has 1 unspecified atom stereocenters. The lowest BCUT2D eigenvalue weighted by Crippen LogP contribution is -2.35. The number of furan rings is 1. The van der Waals surface area contributed by atoms with Crippen molar-refractivity contribution < 1.29 is 9.21 Å². The number of aryl methyl sites for hydroxylation is 1. The third-order valence-corrected chi connectivity index (χ3v) is 4.72. The first kappa shape index (κ1) is 22.9. The van der Waals surface area contributed by atoms with Crippen LogP contribution >= 0.6 is 36.2 Å². The summed E-state index contributed by atoms with van der Waals surface area (Å²) < 4.78 is 5.34. The zero-order valence-electron chi connectivity index (χ0n) is 14.3. The fourth-order valence-electron chi connectivity index (χ4n) is 2.06. The van der Waals surface area contributed by atoms with E-state index in [0.717, 1.165) is 16.3 Å². The summed E-state index contributed by atoms with van der Waals surface area (Å²) in [7, 11) is 1.79. The maximum atomic E-state index is 12.5. The Morgan fingerprint density at radius 2 is 2.08 bits per heavy atom. The highest BCUT2D eigenvalue weighted by Gasteiger charge is 2.21. The first-order valence-corrected chi connectivity index (χ1v) is 8.24. The highest BCUT2D eigenvalue weighted by Crippen LogP contribution is 2.28. The molecule has 2 heterocycles. The number of carbonyl (C=O) groups is 1. The van der Waals surface area contributed by atoms with Gasteiger partial charge < -0.3 is 15.1 Å². The summed E-state index contributed by atoms with van der Waals surface area (Å²) in [5.74, 6) is 1.04. The summed E-state index contributed by atoms with van der Waals surface area (Å²) in [5, 5.41) is 0.734. The molecule has 0 bridgehead atoms. The van der Waals surface area contributed by atoms with E-state index in [9.17, 15) is 4.79 Å². The minimum atomic E-state index is -0.0671. The van der Waals surface area contributed by atoms with Crippen LogP contribution in [-0.4, -0.2) is 35.4 Å². The molecule has 0 saturated heterocycles. The molecule has 0 aromatic carbocycles. The van der Waals surface area contributed by atoms with Gasteiger partial charge in [0.1, 0.15) is 5.69 Å². The number of nitrogens with two attached hydrogens (primary N) is 1. The van der Waals surface area contributed by atoms with Crippen LogP contribution in [0.15, 0.2) is 22.8 Å². The van der Waals surface area contributed by atoms with Crippen LogP contribution in [0.3, 0.4) is 0 Å². The maximum absolute atomic E-state index is 12.5. The number of rotatable bonds is 6. The largest absolute Gasteiger partial charge is 0.462 e. The van der Waals surface area contributed by atoms with Gasteiger partial charge in [0.15, 0.2) is 10.8 Å². The molecule has 0 aliphatic rings. The average Bonchev–Trinajstić information content (AvgIpc) is 3.12. The second kappa shape index (κ2) is 10.0. The minimum absolute atomic E-state index is 0. The number of hydrogen-bond acceptors (Lipinski definition) is 5. The van der Waals surface area contributed by atoms with E-state index in [4.69, 9.17) is 10.2 Å². The van der Waals surface area contributed by atoms with Gasteiger partial charge in [-0.15, -0.1) is 36.2 Å². The van der Waals surface area contributed by atoms with E-state index in [-0.39, 0.29) is 36.8 Å². The maximum Gasteiger partial charge on any atom is 0.273 e. The lowest BCUT2D eigenvalue weighted by Gasteiger charge is -2.21. The summed E-state index contributed by atoms with van der Waals surface area (Å²) in [4.78, 5) is 19.6. The fourth-order valence-corrected chi connectivity index (χ4v) is 2.93. The molecule has 2 rings (SSSR count). The van der Waals surface area contributed by atoms with Crippen LogP contribution in [0.4, 0.5) is 0 Å². The number of hydrogen-bond donors (Lipinski definition) is 1. The summed E-state index contributed by atoms with van der Waals surface area (Å²) in [6.45, 7) is 6.72. The van der Waals surface area contributed by atoms with Gasteiger partial charge in [0.2, 0.25) is 0 Å². The van der Waals surface area contributed by atoms with Crippen molar-refractivity contribution in [3.05, 3.63) is 29.0 Å². The predicted molar refractivity (Wildman–Crippen MR) is 103 cm³/mol. The Morgan fingerprint density at radius 3 is 2.62 bits per heavy atom. The number of amides is 1. The van der Waals surface area contributed by atoms with Crippen molar-refractivity contribution in [2.45, 2.75) is 33.2 Å². The van der Waals surface area contributed by atoms with Crippen molar-refractivity contribution in [2.24, 2.45) is 11.7 Å². The molecule has 8 heteroatoms. The van der Waals surface area contributed by atoms with E-state index in [1.807, 2.05) is 19.1 Å². The van der Waals surface area contributed by atoms with E-state index < -0.39 is 0 Å². The van der Waals surface area contributed by atoms with Gasteiger partial charge in [0.05, 0.1) is 6.26 Å². The van der Waals surface area contributed by atoms with Gasteiger partial charge in [0, 0.05) is 24.5 Å². The molecule has 5 nitrogen and oxygen atoms in total. The lowest BCUT2D eigenvalue weighted by molar-refractivity contribution is 0.0783. The standard InChI is InChI=1S/C16H23N3O2S.2ClH/c1-10(2)12(17)7-8-19(4)16(20)14-11(3)22-15(18-14)13-6-5-9-21-13;;/h5-6,9-10,12H,7-8,17H2,1-4H3;2*1H. The summed E-state index contributed by atoms with van der Waals surface area (Å²) in [5.41, 5.74) is 6.54. The molecule has 0 spiro atoms. The predicted octanol–water partition coefficient (Wildman–Crippen LogP) is 4.00. The molecule has 0 fully saturated rings. The zero-order chi connectivity index (χ0) is 16.3. The van der Waals surface area contributed by atoms with Crippen molar-refractivity contribution >= 4 is 42.1 Å². The van der Waals surface area contributed by atoms with E-state index in [1.165, 1.54) is 11.3 Å². The van der Waals surface area contributed by atoms with Crippen molar-refractivity contribution in [3.8, 4) is 10.8 Å². The minimum Gasteiger partial charge on any atom is -0.462 e. The Hall–Kier alpha value is -1.08. The third kappa shape index (κ3) is 5.48. The SMILES string of the molecule is Cc1sc(-c2ccco2)nc1C(=O)N(C)CCC(N)C(C)C.Cl.Cl. The highest BCUT2D eigenvalue weighted by atomic mass is 35.5.